The van der Waals surface area contributed by atoms with Crippen LogP contribution in [0.15, 0.2) is 121 Å². The molecule has 0 nitrogen and oxygen atoms in total. The number of hydrogen-bond donors (Lipinski definition) is 0. The average Bonchev–Trinajstić information content (AvgIpc) is 3.13. The van der Waals surface area contributed by atoms with Crippen molar-refractivity contribution in [2.75, 3.05) is 24.6 Å². The predicted molar refractivity (Wildman–Crippen MR) is 216 cm³/mol. The molecule has 2 atom stereocenters. The summed E-state index contributed by atoms with van der Waals surface area (Å²) in [5, 5.41) is 6.63. The van der Waals surface area contributed by atoms with Gasteiger partial charge in [-0.1, -0.05) is 0 Å². The van der Waals surface area contributed by atoms with Gasteiger partial charge in [0.1, 0.15) is 0 Å². The first kappa shape index (κ1) is 36.6. The Kier molecular flexibility index (Phi) is 12.9. The molecule has 0 radical (unpaired) electrons. The molecule has 4 rings (SSSR count). The van der Waals surface area contributed by atoms with Gasteiger partial charge >= 0.3 is 285 Å². The van der Waals surface area contributed by atoms with Crippen LogP contribution in [0.1, 0.15) is 92.9 Å². The summed E-state index contributed by atoms with van der Waals surface area (Å²) in [6.45, 7) is 9.54. The van der Waals surface area contributed by atoms with E-state index < -0.39 is 13.2 Å². The van der Waals surface area contributed by atoms with Gasteiger partial charge in [-0.25, -0.2) is 0 Å². The Morgan fingerprint density at radius 3 is 0.717 bits per heavy atom. The maximum atomic E-state index is 2.76. The van der Waals surface area contributed by atoms with Gasteiger partial charge in [-0.3, -0.25) is 0 Å². The van der Waals surface area contributed by atoms with Crippen molar-refractivity contribution in [1.29, 1.82) is 0 Å². The topological polar surface area (TPSA) is 0 Å². The predicted octanol–water partition coefficient (Wildman–Crippen LogP) is 11.4. The van der Waals surface area contributed by atoms with Crippen molar-refractivity contribution in [1.82, 2.24) is 0 Å². The molecule has 0 saturated carbocycles. The van der Waals surface area contributed by atoms with Crippen LogP contribution in [0.4, 0.5) is 0 Å². The third-order valence-corrected chi connectivity index (χ3v) is 29.1. The molecule has 0 amide bonds. The second kappa shape index (κ2) is 16.2. The third kappa shape index (κ3) is 6.20. The van der Waals surface area contributed by atoms with Crippen LogP contribution in [-0.2, 0) is 0 Å². The zero-order chi connectivity index (χ0) is 33.0. The molecule has 46 heavy (non-hydrogen) atoms. The van der Waals surface area contributed by atoms with Gasteiger partial charge in [0.25, 0.3) is 0 Å². The van der Waals surface area contributed by atoms with Gasteiger partial charge in [0.2, 0.25) is 0 Å². The molecular formula is C44H64P2. The van der Waals surface area contributed by atoms with Crippen LogP contribution in [0.25, 0.3) is 0 Å². The van der Waals surface area contributed by atoms with E-state index in [-0.39, 0.29) is 0 Å². The van der Waals surface area contributed by atoms with Crippen LogP contribution >= 0.6 is 13.2 Å². The SMILES string of the molecule is CCCCP(CCCC)(c1ccccc1)(c1ccccc1)C(C)C(C)P(CCCC)(CCCC)(c1ccccc1)c1ccccc1. The van der Waals surface area contributed by atoms with Crippen LogP contribution in [0.2, 0.25) is 0 Å². The van der Waals surface area contributed by atoms with Crippen LogP contribution in [0, 0.1) is 0 Å². The molecule has 2 unspecified atom stereocenters. The second-order valence-corrected chi connectivity index (χ2v) is 26.2. The van der Waals surface area contributed by atoms with Crippen LogP contribution < -0.4 is 21.2 Å². The van der Waals surface area contributed by atoms with Gasteiger partial charge < -0.3 is 0 Å². The molecule has 2 heteroatoms. The Morgan fingerprint density at radius 2 is 0.543 bits per heavy atom. The molecule has 0 aliphatic heterocycles. The van der Waals surface area contributed by atoms with Crippen molar-refractivity contribution in [2.45, 2.75) is 104 Å². The average molecular weight is 655 g/mol. The quantitative estimate of drug-likeness (QED) is 0.0883. The second-order valence-electron chi connectivity index (χ2n) is 14.3. The fourth-order valence-corrected chi connectivity index (χ4v) is 28.1. The fourth-order valence-electron chi connectivity index (χ4n) is 9.63. The summed E-state index contributed by atoms with van der Waals surface area (Å²) in [7, 11) is 0. The van der Waals surface area contributed by atoms with E-state index in [9.17, 15) is 0 Å². The van der Waals surface area contributed by atoms with Crippen molar-refractivity contribution < 1.29 is 0 Å². The molecule has 0 saturated heterocycles. The minimum absolute atomic E-state index is 0.528. The third-order valence-electron chi connectivity index (χ3n) is 12.4. The monoisotopic (exact) mass is 654 g/mol. The number of benzene rings is 4. The van der Waals surface area contributed by atoms with E-state index in [1.807, 2.05) is 0 Å². The number of hydrogen-bond acceptors (Lipinski definition) is 0. The van der Waals surface area contributed by atoms with Crippen LogP contribution in [0.3, 0.4) is 0 Å². The molecule has 4 aromatic carbocycles. The summed E-state index contributed by atoms with van der Waals surface area (Å²) in [6.07, 6.45) is 15.3. The maximum absolute atomic E-state index is 2.81. The molecule has 4 aromatic rings. The first-order valence-corrected chi connectivity index (χ1v) is 24.0. The minimum atomic E-state index is -2.81. The number of rotatable bonds is 19. The van der Waals surface area contributed by atoms with E-state index >= 15 is 0 Å². The Morgan fingerprint density at radius 1 is 0.348 bits per heavy atom. The van der Waals surface area contributed by atoms with E-state index in [2.05, 4.69) is 163 Å². The molecule has 250 valence electrons. The first-order valence-electron chi connectivity index (χ1n) is 18.6. The summed E-state index contributed by atoms with van der Waals surface area (Å²) in [5.41, 5.74) is 1.06. The number of unbranched alkanes of at least 4 members (excludes halogenated alkanes) is 4. The summed E-state index contributed by atoms with van der Waals surface area (Å²) >= 11 is 0. The van der Waals surface area contributed by atoms with Gasteiger partial charge in [0, 0.05) is 0 Å². The summed E-state index contributed by atoms with van der Waals surface area (Å²) in [4.78, 5) is 0. The van der Waals surface area contributed by atoms with Gasteiger partial charge in [0.15, 0.2) is 0 Å². The normalized spacial score (nSPS) is 15.3. The molecule has 0 aliphatic rings. The molecular weight excluding hydrogens is 590 g/mol. The molecule has 0 aliphatic carbocycles. The van der Waals surface area contributed by atoms with Gasteiger partial charge in [-0.05, 0) is 0 Å². The summed E-state index contributed by atoms with van der Waals surface area (Å²) < 4.78 is 0. The van der Waals surface area contributed by atoms with E-state index in [4.69, 9.17) is 0 Å². The van der Waals surface area contributed by atoms with Gasteiger partial charge in [-0.2, -0.15) is 0 Å². The zero-order valence-corrected chi connectivity index (χ0v) is 31.9. The van der Waals surface area contributed by atoms with E-state index in [1.54, 1.807) is 21.2 Å². The van der Waals surface area contributed by atoms with Crippen LogP contribution in [0.5, 0.6) is 0 Å². The Balaban J connectivity index is 2.23. The van der Waals surface area contributed by atoms with Crippen molar-refractivity contribution in [3.05, 3.63) is 121 Å². The van der Waals surface area contributed by atoms with Gasteiger partial charge in [-0.15, -0.1) is 0 Å². The molecule has 0 heterocycles. The Hall–Kier alpha value is -2.26. The molecule has 0 fully saturated rings. The molecule has 0 spiro atoms. The van der Waals surface area contributed by atoms with E-state index in [0.29, 0.717) is 11.3 Å². The van der Waals surface area contributed by atoms with Crippen molar-refractivity contribution >= 4 is 34.4 Å². The Labute approximate surface area is 283 Å². The summed E-state index contributed by atoms with van der Waals surface area (Å²) in [6, 6.07) is 48.1. The van der Waals surface area contributed by atoms with E-state index in [0.717, 1.165) is 0 Å². The van der Waals surface area contributed by atoms with Crippen LogP contribution in [-0.4, -0.2) is 36.0 Å². The fraction of sp³-hybridized carbons (Fsp3) is 0.455. The van der Waals surface area contributed by atoms with Gasteiger partial charge in [0.05, 0.1) is 0 Å². The zero-order valence-electron chi connectivity index (χ0n) is 30.1. The Bertz CT molecular complexity index is 1210. The van der Waals surface area contributed by atoms with Crippen molar-refractivity contribution in [3.63, 3.8) is 0 Å². The van der Waals surface area contributed by atoms with Crippen molar-refractivity contribution in [2.24, 2.45) is 0 Å². The van der Waals surface area contributed by atoms with E-state index in [1.165, 1.54) is 76.0 Å². The molecule has 0 aromatic heterocycles. The first-order chi connectivity index (χ1) is 22.4. The van der Waals surface area contributed by atoms with Crippen molar-refractivity contribution in [3.8, 4) is 0 Å². The standard InChI is InChI=1S/C44H64P2/c1-7-11-35-45(36-12-8-2,41-27-19-15-20-28-41,42-29-21-16-22-30-42)39(5)40(6)46(37-13-9-3,38-14-10-4,43-31-23-17-24-32-43)44-33-25-18-26-34-44/h15-34,39-40H,7-14,35-38H2,1-6H3. The molecule has 0 bridgehead atoms. The summed E-state index contributed by atoms with van der Waals surface area (Å²) in [5.74, 6) is 0. The molecule has 0 N–H and O–H groups in total.